The molecule has 2 aromatic rings. The molecule has 130 valence electrons. The zero-order valence-corrected chi connectivity index (χ0v) is 14.1. The molecule has 0 spiro atoms. The molecular weight excluding hydrogens is 318 g/mol. The summed E-state index contributed by atoms with van der Waals surface area (Å²) in [4.78, 5) is 28.7. The normalized spacial score (nSPS) is 16.4. The van der Waals surface area contributed by atoms with Gasteiger partial charge in [-0.3, -0.25) is 14.6 Å². The zero-order chi connectivity index (χ0) is 17.6. The summed E-state index contributed by atoms with van der Waals surface area (Å²) in [5.74, 6) is -0.552. The molecule has 2 heterocycles. The molecule has 3 rings (SSSR count). The molecule has 2 amide bonds. The standard InChI is InChI=1S/C19H21N3O3/c1-13-5-2-3-7-17(13)22-19(24)15-9-14(10-20-11-15)18(23)21-12-16-6-4-8-25-16/h2-3,5,7,9-11,16H,4,6,8,12H2,1H3,(H,21,23)(H,22,24). The minimum Gasteiger partial charge on any atom is -0.376 e. The van der Waals surface area contributed by atoms with Crippen LogP contribution in [-0.4, -0.2) is 36.1 Å². The molecule has 1 aromatic carbocycles. The third kappa shape index (κ3) is 4.42. The average Bonchev–Trinajstić information content (AvgIpc) is 3.15. The number of hydrogen-bond donors (Lipinski definition) is 2. The smallest absolute Gasteiger partial charge is 0.257 e. The Morgan fingerprint density at radius 3 is 2.68 bits per heavy atom. The van der Waals surface area contributed by atoms with Crippen LogP contribution in [0.15, 0.2) is 42.7 Å². The minimum atomic E-state index is -0.296. The van der Waals surface area contributed by atoms with E-state index in [1.165, 1.54) is 12.4 Å². The van der Waals surface area contributed by atoms with Crippen molar-refractivity contribution in [3.8, 4) is 0 Å². The number of ether oxygens (including phenoxy) is 1. The molecule has 1 atom stereocenters. The van der Waals surface area contributed by atoms with Gasteiger partial charge in [-0.1, -0.05) is 18.2 Å². The maximum Gasteiger partial charge on any atom is 0.257 e. The van der Waals surface area contributed by atoms with Gasteiger partial charge < -0.3 is 15.4 Å². The second-order valence-electron chi connectivity index (χ2n) is 6.08. The number of aromatic nitrogens is 1. The first-order valence-electron chi connectivity index (χ1n) is 8.35. The van der Waals surface area contributed by atoms with Crippen LogP contribution in [0, 0.1) is 6.92 Å². The molecule has 1 aliphatic rings. The van der Waals surface area contributed by atoms with E-state index < -0.39 is 0 Å². The van der Waals surface area contributed by atoms with E-state index in [-0.39, 0.29) is 17.9 Å². The van der Waals surface area contributed by atoms with Crippen LogP contribution >= 0.6 is 0 Å². The van der Waals surface area contributed by atoms with E-state index >= 15 is 0 Å². The van der Waals surface area contributed by atoms with Crippen molar-refractivity contribution in [1.29, 1.82) is 0 Å². The van der Waals surface area contributed by atoms with E-state index in [4.69, 9.17) is 4.74 Å². The number of aryl methyl sites for hydroxylation is 1. The van der Waals surface area contributed by atoms with Crippen molar-refractivity contribution in [2.45, 2.75) is 25.9 Å². The number of pyridine rings is 1. The van der Waals surface area contributed by atoms with Crippen molar-refractivity contribution in [2.75, 3.05) is 18.5 Å². The molecule has 6 heteroatoms. The van der Waals surface area contributed by atoms with E-state index in [1.54, 1.807) is 6.07 Å². The summed E-state index contributed by atoms with van der Waals surface area (Å²) in [6.07, 6.45) is 4.96. The summed E-state index contributed by atoms with van der Waals surface area (Å²) in [5.41, 5.74) is 2.40. The summed E-state index contributed by atoms with van der Waals surface area (Å²) in [7, 11) is 0. The maximum atomic E-state index is 12.4. The fraction of sp³-hybridized carbons (Fsp3) is 0.316. The van der Waals surface area contributed by atoms with Crippen molar-refractivity contribution in [3.05, 3.63) is 59.4 Å². The van der Waals surface area contributed by atoms with E-state index in [2.05, 4.69) is 15.6 Å². The molecule has 1 saturated heterocycles. The predicted octanol–water partition coefficient (Wildman–Crippen LogP) is 2.55. The quantitative estimate of drug-likeness (QED) is 0.877. The number of anilines is 1. The first kappa shape index (κ1) is 17.1. The van der Waals surface area contributed by atoms with Crippen LogP contribution < -0.4 is 10.6 Å². The first-order valence-corrected chi connectivity index (χ1v) is 8.35. The van der Waals surface area contributed by atoms with Gasteiger partial charge in [0.2, 0.25) is 0 Å². The number of nitrogens with zero attached hydrogens (tertiary/aromatic N) is 1. The largest absolute Gasteiger partial charge is 0.376 e. The van der Waals surface area contributed by atoms with Gasteiger partial charge in [0.15, 0.2) is 0 Å². The lowest BCUT2D eigenvalue weighted by Gasteiger charge is -2.11. The molecule has 1 unspecified atom stereocenters. The summed E-state index contributed by atoms with van der Waals surface area (Å²) in [5, 5.41) is 5.67. The first-order chi connectivity index (χ1) is 12.1. The number of nitrogens with one attached hydrogen (secondary N) is 2. The monoisotopic (exact) mass is 339 g/mol. The molecule has 0 radical (unpaired) electrons. The summed E-state index contributed by atoms with van der Waals surface area (Å²) < 4.78 is 5.48. The van der Waals surface area contributed by atoms with E-state index in [0.717, 1.165) is 30.7 Å². The predicted molar refractivity (Wildman–Crippen MR) is 94.7 cm³/mol. The van der Waals surface area contributed by atoms with Crippen LogP contribution in [0.25, 0.3) is 0 Å². The molecule has 0 aliphatic carbocycles. The third-order valence-electron chi connectivity index (χ3n) is 4.17. The number of hydrogen-bond acceptors (Lipinski definition) is 4. The molecule has 25 heavy (non-hydrogen) atoms. The lowest BCUT2D eigenvalue weighted by atomic mass is 10.1. The number of amides is 2. The van der Waals surface area contributed by atoms with Crippen molar-refractivity contribution in [3.63, 3.8) is 0 Å². The van der Waals surface area contributed by atoms with Gasteiger partial charge in [-0.15, -0.1) is 0 Å². The topological polar surface area (TPSA) is 80.3 Å². The van der Waals surface area contributed by atoms with Crippen LogP contribution in [0.4, 0.5) is 5.69 Å². The highest BCUT2D eigenvalue weighted by molar-refractivity contribution is 6.06. The fourth-order valence-corrected chi connectivity index (χ4v) is 2.71. The zero-order valence-electron chi connectivity index (χ0n) is 14.1. The lowest BCUT2D eigenvalue weighted by molar-refractivity contribution is 0.0857. The van der Waals surface area contributed by atoms with E-state index in [0.29, 0.717) is 17.7 Å². The Balaban J connectivity index is 1.64. The van der Waals surface area contributed by atoms with E-state index in [9.17, 15) is 9.59 Å². The Kier molecular flexibility index (Phi) is 5.40. The number of carbonyl (C=O) groups is 2. The van der Waals surface area contributed by atoms with Crippen molar-refractivity contribution < 1.29 is 14.3 Å². The van der Waals surface area contributed by atoms with Crippen LogP contribution in [0.2, 0.25) is 0 Å². The fourth-order valence-electron chi connectivity index (χ4n) is 2.71. The molecular formula is C19H21N3O3. The van der Waals surface area contributed by atoms with Crippen LogP contribution in [0.3, 0.4) is 0 Å². The van der Waals surface area contributed by atoms with Crippen LogP contribution in [0.5, 0.6) is 0 Å². The van der Waals surface area contributed by atoms with E-state index in [1.807, 2.05) is 31.2 Å². The van der Waals surface area contributed by atoms with Gasteiger partial charge in [0.1, 0.15) is 0 Å². The Morgan fingerprint density at radius 1 is 1.20 bits per heavy atom. The molecule has 0 saturated carbocycles. The Morgan fingerprint density at radius 2 is 1.96 bits per heavy atom. The van der Waals surface area contributed by atoms with Gasteiger partial charge in [0.25, 0.3) is 11.8 Å². The summed E-state index contributed by atoms with van der Waals surface area (Å²) in [6, 6.07) is 9.06. The highest BCUT2D eigenvalue weighted by Gasteiger charge is 2.17. The molecule has 6 nitrogen and oxygen atoms in total. The second-order valence-corrected chi connectivity index (χ2v) is 6.08. The van der Waals surface area contributed by atoms with Crippen molar-refractivity contribution in [1.82, 2.24) is 10.3 Å². The van der Waals surface area contributed by atoms with Gasteiger partial charge in [0, 0.05) is 31.2 Å². The number of carbonyl (C=O) groups excluding carboxylic acids is 2. The van der Waals surface area contributed by atoms with Gasteiger partial charge in [-0.05, 0) is 37.5 Å². The minimum absolute atomic E-state index is 0.0736. The number of rotatable bonds is 5. The Hall–Kier alpha value is -2.73. The van der Waals surface area contributed by atoms with Gasteiger partial charge in [-0.2, -0.15) is 0 Å². The molecule has 0 bridgehead atoms. The number of para-hydroxylation sites is 1. The Bertz CT molecular complexity index is 770. The second kappa shape index (κ2) is 7.90. The lowest BCUT2D eigenvalue weighted by Crippen LogP contribution is -2.32. The summed E-state index contributed by atoms with van der Waals surface area (Å²) >= 11 is 0. The average molecular weight is 339 g/mol. The highest BCUT2D eigenvalue weighted by Crippen LogP contribution is 2.15. The third-order valence-corrected chi connectivity index (χ3v) is 4.17. The Labute approximate surface area is 146 Å². The van der Waals surface area contributed by atoms with Crippen LogP contribution in [0.1, 0.15) is 39.1 Å². The van der Waals surface area contributed by atoms with Gasteiger partial charge in [-0.25, -0.2) is 0 Å². The SMILES string of the molecule is Cc1ccccc1NC(=O)c1cncc(C(=O)NCC2CCCO2)c1. The van der Waals surface area contributed by atoms with Crippen LogP contribution in [-0.2, 0) is 4.74 Å². The molecule has 2 N–H and O–H groups in total. The molecule has 1 fully saturated rings. The van der Waals surface area contributed by atoms with Crippen molar-refractivity contribution >= 4 is 17.5 Å². The highest BCUT2D eigenvalue weighted by atomic mass is 16.5. The van der Waals surface area contributed by atoms with Gasteiger partial charge in [0.05, 0.1) is 17.2 Å². The molecule has 1 aromatic heterocycles. The van der Waals surface area contributed by atoms with Crippen molar-refractivity contribution in [2.24, 2.45) is 0 Å². The summed E-state index contributed by atoms with van der Waals surface area (Å²) in [6.45, 7) is 3.14. The van der Waals surface area contributed by atoms with Gasteiger partial charge >= 0.3 is 0 Å². The molecule has 1 aliphatic heterocycles. The number of benzene rings is 1. The maximum absolute atomic E-state index is 12.4.